The highest BCUT2D eigenvalue weighted by Crippen LogP contribution is 2.34. The second-order valence-corrected chi connectivity index (χ2v) is 7.21. The predicted octanol–water partition coefficient (Wildman–Crippen LogP) is 3.07. The minimum atomic E-state index is -0.589. The molecule has 5 rings (SSSR count). The standard InChI is InChI=1S/C24H14N2O6/c1-32-24(31)13-6-8-14(9-7-13)25-22(29)18-11-10-15(12-19(18)23(25)30)26-20(27)16-4-2-3-5-17(16)21(26)28/h2-12H,1H3. The van der Waals surface area contributed by atoms with E-state index in [1.807, 2.05) is 0 Å². The monoisotopic (exact) mass is 426 g/mol. The van der Waals surface area contributed by atoms with Gasteiger partial charge < -0.3 is 4.74 Å². The van der Waals surface area contributed by atoms with Gasteiger partial charge in [-0.05, 0) is 54.6 Å². The third-order valence-corrected chi connectivity index (χ3v) is 5.47. The number of ether oxygens (including phenoxy) is 1. The Morgan fingerprint density at radius 3 is 1.66 bits per heavy atom. The summed E-state index contributed by atoms with van der Waals surface area (Å²) in [6.07, 6.45) is 0. The maximum absolute atomic E-state index is 13.1. The molecule has 8 nitrogen and oxygen atoms in total. The summed E-state index contributed by atoms with van der Waals surface area (Å²) in [6.45, 7) is 0. The fourth-order valence-electron chi connectivity index (χ4n) is 3.89. The maximum atomic E-state index is 13.1. The number of methoxy groups -OCH3 is 1. The molecule has 0 atom stereocenters. The summed E-state index contributed by atoms with van der Waals surface area (Å²) in [5.74, 6) is -2.64. The van der Waals surface area contributed by atoms with Crippen LogP contribution in [0.2, 0.25) is 0 Å². The number of rotatable bonds is 3. The van der Waals surface area contributed by atoms with Gasteiger partial charge >= 0.3 is 5.97 Å². The fourth-order valence-corrected chi connectivity index (χ4v) is 3.89. The SMILES string of the molecule is COC(=O)c1ccc(N2C(=O)c3ccc(N4C(=O)c5ccccc5C4=O)cc3C2=O)cc1. The van der Waals surface area contributed by atoms with Crippen LogP contribution in [0, 0.1) is 0 Å². The highest BCUT2D eigenvalue weighted by atomic mass is 16.5. The van der Waals surface area contributed by atoms with Gasteiger partial charge in [0.15, 0.2) is 0 Å². The zero-order chi connectivity index (χ0) is 22.6. The first-order valence-corrected chi connectivity index (χ1v) is 9.61. The molecule has 0 N–H and O–H groups in total. The highest BCUT2D eigenvalue weighted by Gasteiger charge is 2.40. The summed E-state index contributed by atoms with van der Waals surface area (Å²) in [6, 6.07) is 16.6. The number of hydrogen-bond donors (Lipinski definition) is 0. The van der Waals surface area contributed by atoms with E-state index in [2.05, 4.69) is 4.74 Å². The van der Waals surface area contributed by atoms with Crippen molar-refractivity contribution >= 4 is 41.0 Å². The summed E-state index contributed by atoms with van der Waals surface area (Å²) < 4.78 is 4.65. The van der Waals surface area contributed by atoms with Crippen LogP contribution in [0.25, 0.3) is 0 Å². The summed E-state index contributed by atoms with van der Waals surface area (Å²) in [5, 5.41) is 0. The molecule has 4 amide bonds. The van der Waals surface area contributed by atoms with Crippen molar-refractivity contribution in [3.8, 4) is 0 Å². The molecule has 3 aromatic carbocycles. The van der Waals surface area contributed by atoms with Crippen LogP contribution in [0.1, 0.15) is 51.8 Å². The smallest absolute Gasteiger partial charge is 0.337 e. The number of esters is 1. The van der Waals surface area contributed by atoms with E-state index in [0.29, 0.717) is 0 Å². The van der Waals surface area contributed by atoms with Crippen LogP contribution in [0.3, 0.4) is 0 Å². The number of fused-ring (bicyclic) bond motifs is 2. The van der Waals surface area contributed by atoms with Gasteiger partial charge in [0.05, 0.1) is 46.3 Å². The van der Waals surface area contributed by atoms with E-state index >= 15 is 0 Å². The van der Waals surface area contributed by atoms with Crippen LogP contribution in [-0.4, -0.2) is 36.7 Å². The van der Waals surface area contributed by atoms with Gasteiger partial charge in [-0.25, -0.2) is 14.6 Å². The first-order valence-electron chi connectivity index (χ1n) is 9.61. The van der Waals surface area contributed by atoms with Gasteiger partial charge in [0, 0.05) is 0 Å². The van der Waals surface area contributed by atoms with Gasteiger partial charge in [0.1, 0.15) is 0 Å². The van der Waals surface area contributed by atoms with Crippen molar-refractivity contribution in [3.05, 3.63) is 94.5 Å². The molecule has 2 heterocycles. The van der Waals surface area contributed by atoms with Crippen molar-refractivity contribution in [3.63, 3.8) is 0 Å². The first kappa shape index (κ1) is 19.4. The average Bonchev–Trinajstić information content (AvgIpc) is 3.23. The van der Waals surface area contributed by atoms with Crippen LogP contribution in [0.4, 0.5) is 11.4 Å². The van der Waals surface area contributed by atoms with E-state index in [1.54, 1.807) is 24.3 Å². The third-order valence-electron chi connectivity index (χ3n) is 5.47. The van der Waals surface area contributed by atoms with Crippen molar-refractivity contribution < 1.29 is 28.7 Å². The first-order chi connectivity index (χ1) is 15.4. The highest BCUT2D eigenvalue weighted by molar-refractivity contribution is 6.37. The molecule has 0 saturated heterocycles. The molecule has 2 aliphatic rings. The number of nitrogens with zero attached hydrogens (tertiary/aromatic N) is 2. The van der Waals surface area contributed by atoms with Crippen LogP contribution in [0.15, 0.2) is 66.7 Å². The Kier molecular flexibility index (Phi) is 4.23. The fraction of sp³-hybridized carbons (Fsp3) is 0.0417. The zero-order valence-corrected chi connectivity index (χ0v) is 16.7. The molecule has 0 saturated carbocycles. The van der Waals surface area contributed by atoms with Gasteiger partial charge in [-0.15, -0.1) is 0 Å². The topological polar surface area (TPSA) is 101 Å². The molecule has 0 spiro atoms. The molecule has 0 fully saturated rings. The molecule has 0 bridgehead atoms. The molecule has 156 valence electrons. The molecular formula is C24H14N2O6. The van der Waals surface area contributed by atoms with E-state index in [-0.39, 0.29) is 39.2 Å². The molecule has 8 heteroatoms. The Morgan fingerprint density at radius 1 is 0.625 bits per heavy atom. The van der Waals surface area contributed by atoms with E-state index < -0.39 is 29.6 Å². The third kappa shape index (κ3) is 2.66. The van der Waals surface area contributed by atoms with Crippen molar-refractivity contribution in [1.29, 1.82) is 0 Å². The Labute approximate surface area is 181 Å². The predicted molar refractivity (Wildman–Crippen MR) is 113 cm³/mol. The van der Waals surface area contributed by atoms with E-state index in [0.717, 1.165) is 9.80 Å². The number of anilines is 2. The van der Waals surface area contributed by atoms with Crippen molar-refractivity contribution in [2.45, 2.75) is 0 Å². The van der Waals surface area contributed by atoms with Crippen LogP contribution >= 0.6 is 0 Å². The Bertz CT molecular complexity index is 1320. The molecule has 0 radical (unpaired) electrons. The quantitative estimate of drug-likeness (QED) is 0.471. The summed E-state index contributed by atoms with van der Waals surface area (Å²) >= 11 is 0. The van der Waals surface area contributed by atoms with Gasteiger partial charge in [-0.1, -0.05) is 12.1 Å². The average molecular weight is 426 g/mol. The maximum Gasteiger partial charge on any atom is 0.337 e. The van der Waals surface area contributed by atoms with Crippen LogP contribution in [-0.2, 0) is 4.74 Å². The summed E-state index contributed by atoms with van der Waals surface area (Å²) in [5.41, 5.74) is 1.58. The van der Waals surface area contributed by atoms with Crippen molar-refractivity contribution in [2.75, 3.05) is 16.9 Å². The van der Waals surface area contributed by atoms with Gasteiger partial charge in [0.25, 0.3) is 23.6 Å². The number of benzene rings is 3. The molecule has 0 aliphatic carbocycles. The van der Waals surface area contributed by atoms with E-state index in [4.69, 9.17) is 0 Å². The zero-order valence-electron chi connectivity index (χ0n) is 16.7. The number of imide groups is 2. The minimum Gasteiger partial charge on any atom is -0.465 e. The lowest BCUT2D eigenvalue weighted by atomic mass is 10.1. The largest absolute Gasteiger partial charge is 0.465 e. The lowest BCUT2D eigenvalue weighted by Crippen LogP contribution is -2.30. The van der Waals surface area contributed by atoms with Gasteiger partial charge in [-0.3, -0.25) is 19.2 Å². The molecule has 32 heavy (non-hydrogen) atoms. The molecular weight excluding hydrogens is 412 g/mol. The van der Waals surface area contributed by atoms with Crippen molar-refractivity contribution in [2.24, 2.45) is 0 Å². The van der Waals surface area contributed by atoms with Crippen molar-refractivity contribution in [1.82, 2.24) is 0 Å². The van der Waals surface area contributed by atoms with Gasteiger partial charge in [-0.2, -0.15) is 0 Å². The van der Waals surface area contributed by atoms with Gasteiger partial charge in [0.2, 0.25) is 0 Å². The number of carbonyl (C=O) groups is 5. The summed E-state index contributed by atoms with van der Waals surface area (Å²) in [4.78, 5) is 65.1. The lowest BCUT2D eigenvalue weighted by molar-refractivity contribution is 0.0600. The summed E-state index contributed by atoms with van der Waals surface area (Å²) in [7, 11) is 1.26. The Balaban J connectivity index is 1.50. The molecule has 0 aromatic heterocycles. The Hall–Kier alpha value is -4.59. The van der Waals surface area contributed by atoms with Crippen LogP contribution < -0.4 is 9.80 Å². The molecule has 2 aliphatic heterocycles. The number of amides is 4. The van der Waals surface area contributed by atoms with Crippen LogP contribution in [0.5, 0.6) is 0 Å². The lowest BCUT2D eigenvalue weighted by Gasteiger charge is -2.14. The molecule has 0 unspecified atom stereocenters. The van der Waals surface area contributed by atoms with E-state index in [9.17, 15) is 24.0 Å². The number of hydrogen-bond acceptors (Lipinski definition) is 6. The minimum absolute atomic E-state index is 0.0844. The second-order valence-electron chi connectivity index (χ2n) is 7.21. The molecule has 3 aromatic rings. The number of carbonyl (C=O) groups excluding carboxylic acids is 5. The normalized spacial score (nSPS) is 14.7. The van der Waals surface area contributed by atoms with E-state index in [1.165, 1.54) is 49.6 Å². The second kappa shape index (κ2) is 6.98. The Morgan fingerprint density at radius 2 is 1.09 bits per heavy atom.